The first-order valence-corrected chi connectivity index (χ1v) is 6.81. The van der Waals surface area contributed by atoms with Crippen molar-refractivity contribution in [3.05, 3.63) is 21.6 Å². The number of hydrogen-bond acceptors (Lipinski definition) is 3. The summed E-state index contributed by atoms with van der Waals surface area (Å²) in [5.74, 6) is 0.376. The number of carbonyl (C=O) groups is 1. The Morgan fingerprint density at radius 2 is 2.06 bits per heavy atom. The molecule has 0 saturated heterocycles. The Kier molecular flexibility index (Phi) is 5.75. The maximum absolute atomic E-state index is 11.8. The Morgan fingerprint density at radius 3 is 2.56 bits per heavy atom. The van der Waals surface area contributed by atoms with Crippen LogP contribution in [0.4, 0.5) is 5.69 Å². The van der Waals surface area contributed by atoms with Crippen molar-refractivity contribution >= 4 is 39.1 Å². The third-order valence-electron chi connectivity index (χ3n) is 2.49. The van der Waals surface area contributed by atoms with E-state index in [4.69, 9.17) is 22.1 Å². The van der Waals surface area contributed by atoms with Crippen molar-refractivity contribution in [1.29, 1.82) is 0 Å². The summed E-state index contributed by atoms with van der Waals surface area (Å²) in [5.41, 5.74) is 6.19. The van der Waals surface area contributed by atoms with Crippen LogP contribution >= 0.6 is 27.5 Å². The first-order valence-electron chi connectivity index (χ1n) is 5.64. The van der Waals surface area contributed by atoms with E-state index in [0.717, 1.165) is 0 Å². The van der Waals surface area contributed by atoms with Crippen LogP contribution in [0.3, 0.4) is 0 Å². The largest absolute Gasteiger partial charge is 0.480 e. The number of nitrogens with two attached hydrogens (primary N) is 1. The van der Waals surface area contributed by atoms with Crippen LogP contribution in [0.25, 0.3) is 0 Å². The number of benzene rings is 1. The first-order chi connectivity index (χ1) is 8.49. The molecule has 1 rings (SSSR count). The molecule has 0 bridgehead atoms. The quantitative estimate of drug-likeness (QED) is 0.842. The van der Waals surface area contributed by atoms with Gasteiger partial charge in [-0.3, -0.25) is 4.79 Å². The molecule has 1 aromatic rings. The van der Waals surface area contributed by atoms with Gasteiger partial charge in [0.05, 0.1) is 10.2 Å². The Morgan fingerprint density at radius 1 is 1.44 bits per heavy atom. The van der Waals surface area contributed by atoms with Crippen molar-refractivity contribution in [2.24, 2.45) is 0 Å². The second-order valence-electron chi connectivity index (χ2n) is 3.66. The fraction of sp³-hybridized carbons (Fsp3) is 0.417. The van der Waals surface area contributed by atoms with Crippen molar-refractivity contribution in [3.63, 3.8) is 0 Å². The molecule has 0 radical (unpaired) electrons. The van der Waals surface area contributed by atoms with E-state index in [0.29, 0.717) is 34.0 Å². The van der Waals surface area contributed by atoms with E-state index < -0.39 is 0 Å². The SMILES string of the molecule is CCN(CC)C(=O)COc1c(N)cc(Cl)cc1Br. The van der Waals surface area contributed by atoms with Gasteiger partial charge in [-0.25, -0.2) is 0 Å². The molecular weight excluding hydrogens is 320 g/mol. The lowest BCUT2D eigenvalue weighted by Gasteiger charge is -2.19. The molecule has 0 saturated carbocycles. The summed E-state index contributed by atoms with van der Waals surface area (Å²) in [5, 5.41) is 0.516. The predicted octanol–water partition coefficient (Wildman–Crippen LogP) is 2.93. The molecule has 0 aromatic heterocycles. The molecule has 0 aliphatic rings. The number of nitrogens with zero attached hydrogens (tertiary/aromatic N) is 1. The molecule has 2 N–H and O–H groups in total. The molecule has 1 amide bonds. The maximum Gasteiger partial charge on any atom is 0.260 e. The van der Waals surface area contributed by atoms with E-state index in [1.54, 1.807) is 17.0 Å². The number of ether oxygens (including phenoxy) is 1. The van der Waals surface area contributed by atoms with Gasteiger partial charge in [0.25, 0.3) is 5.91 Å². The fourth-order valence-corrected chi connectivity index (χ4v) is 2.48. The zero-order valence-electron chi connectivity index (χ0n) is 10.4. The molecule has 0 aliphatic heterocycles. The molecule has 0 unspecified atom stereocenters. The van der Waals surface area contributed by atoms with Gasteiger partial charge >= 0.3 is 0 Å². The summed E-state index contributed by atoms with van der Waals surface area (Å²) in [6, 6.07) is 3.26. The topological polar surface area (TPSA) is 55.6 Å². The normalized spacial score (nSPS) is 10.2. The van der Waals surface area contributed by atoms with Gasteiger partial charge < -0.3 is 15.4 Å². The van der Waals surface area contributed by atoms with Gasteiger partial charge in [0, 0.05) is 18.1 Å². The van der Waals surface area contributed by atoms with Crippen LogP contribution in [0, 0.1) is 0 Å². The van der Waals surface area contributed by atoms with Crippen LogP contribution < -0.4 is 10.5 Å². The molecule has 18 heavy (non-hydrogen) atoms. The standard InChI is InChI=1S/C12H16BrClN2O2/c1-3-16(4-2)11(17)7-18-12-9(13)5-8(14)6-10(12)15/h5-6H,3-4,7,15H2,1-2H3. The molecule has 0 fully saturated rings. The van der Waals surface area contributed by atoms with Gasteiger partial charge in [0.2, 0.25) is 0 Å². The van der Waals surface area contributed by atoms with Crippen molar-refractivity contribution in [3.8, 4) is 5.75 Å². The third kappa shape index (κ3) is 3.78. The highest BCUT2D eigenvalue weighted by Crippen LogP contribution is 2.34. The number of rotatable bonds is 5. The Balaban J connectivity index is 2.72. The van der Waals surface area contributed by atoms with E-state index in [-0.39, 0.29) is 12.5 Å². The highest BCUT2D eigenvalue weighted by atomic mass is 79.9. The average Bonchev–Trinajstić information content (AvgIpc) is 2.29. The highest BCUT2D eigenvalue weighted by Gasteiger charge is 2.13. The molecule has 4 nitrogen and oxygen atoms in total. The molecule has 1 aromatic carbocycles. The molecule has 100 valence electrons. The summed E-state index contributed by atoms with van der Waals surface area (Å²) in [6.45, 7) is 5.14. The lowest BCUT2D eigenvalue weighted by molar-refractivity contribution is -0.132. The first kappa shape index (κ1) is 15.1. The highest BCUT2D eigenvalue weighted by molar-refractivity contribution is 9.10. The minimum absolute atomic E-state index is 0.0356. The van der Waals surface area contributed by atoms with Crippen LogP contribution in [0.2, 0.25) is 5.02 Å². The predicted molar refractivity (Wildman–Crippen MR) is 77.0 cm³/mol. The molecule has 0 aliphatic carbocycles. The Bertz CT molecular complexity index is 413. The summed E-state index contributed by atoms with van der Waals surface area (Å²) < 4.78 is 6.09. The second kappa shape index (κ2) is 6.85. The van der Waals surface area contributed by atoms with E-state index in [1.165, 1.54) is 0 Å². The van der Waals surface area contributed by atoms with Crippen molar-refractivity contribution in [1.82, 2.24) is 4.90 Å². The Labute approximate surface area is 120 Å². The zero-order valence-corrected chi connectivity index (χ0v) is 12.7. The number of nitrogen functional groups attached to an aromatic ring is 1. The molecule has 6 heteroatoms. The fourth-order valence-electron chi connectivity index (χ4n) is 1.53. The van der Waals surface area contributed by atoms with Crippen LogP contribution in [0.5, 0.6) is 5.75 Å². The van der Waals surface area contributed by atoms with Gasteiger partial charge in [-0.15, -0.1) is 0 Å². The lowest BCUT2D eigenvalue weighted by atomic mass is 10.3. The van der Waals surface area contributed by atoms with Crippen LogP contribution in [-0.2, 0) is 4.79 Å². The van der Waals surface area contributed by atoms with Crippen molar-refractivity contribution in [2.75, 3.05) is 25.4 Å². The van der Waals surface area contributed by atoms with E-state index in [1.807, 2.05) is 13.8 Å². The number of amides is 1. The lowest BCUT2D eigenvalue weighted by Crippen LogP contribution is -2.34. The minimum Gasteiger partial charge on any atom is -0.480 e. The van der Waals surface area contributed by atoms with Crippen LogP contribution in [0.1, 0.15) is 13.8 Å². The van der Waals surface area contributed by atoms with Gasteiger partial charge in [-0.1, -0.05) is 11.6 Å². The number of hydrogen-bond donors (Lipinski definition) is 1. The third-order valence-corrected chi connectivity index (χ3v) is 3.30. The second-order valence-corrected chi connectivity index (χ2v) is 4.95. The minimum atomic E-state index is -0.0683. The summed E-state index contributed by atoms with van der Waals surface area (Å²) >= 11 is 9.14. The van der Waals surface area contributed by atoms with E-state index in [2.05, 4.69) is 15.9 Å². The number of likely N-dealkylation sites (N-methyl/N-ethyl adjacent to an activating group) is 1. The van der Waals surface area contributed by atoms with E-state index in [9.17, 15) is 4.79 Å². The van der Waals surface area contributed by atoms with Gasteiger partial charge in [-0.05, 0) is 41.9 Å². The molecular formula is C12H16BrClN2O2. The zero-order chi connectivity index (χ0) is 13.7. The smallest absolute Gasteiger partial charge is 0.260 e. The van der Waals surface area contributed by atoms with Gasteiger partial charge in [0.15, 0.2) is 12.4 Å². The van der Waals surface area contributed by atoms with Crippen LogP contribution in [0.15, 0.2) is 16.6 Å². The summed E-state index contributed by atoms with van der Waals surface area (Å²) in [7, 11) is 0. The summed E-state index contributed by atoms with van der Waals surface area (Å²) in [6.07, 6.45) is 0. The molecule has 0 heterocycles. The summed E-state index contributed by atoms with van der Waals surface area (Å²) in [4.78, 5) is 13.5. The monoisotopic (exact) mass is 334 g/mol. The Hall–Kier alpha value is -0.940. The number of anilines is 1. The number of halogens is 2. The van der Waals surface area contributed by atoms with Crippen LogP contribution in [-0.4, -0.2) is 30.5 Å². The van der Waals surface area contributed by atoms with E-state index >= 15 is 0 Å². The van der Waals surface area contributed by atoms with Gasteiger partial charge in [0.1, 0.15) is 0 Å². The van der Waals surface area contributed by atoms with Crippen molar-refractivity contribution in [2.45, 2.75) is 13.8 Å². The maximum atomic E-state index is 11.8. The van der Waals surface area contributed by atoms with Crippen molar-refractivity contribution < 1.29 is 9.53 Å². The average molecular weight is 336 g/mol. The number of carbonyl (C=O) groups excluding carboxylic acids is 1. The molecule has 0 atom stereocenters. The van der Waals surface area contributed by atoms with Gasteiger partial charge in [-0.2, -0.15) is 0 Å². The molecule has 0 spiro atoms.